The van der Waals surface area contributed by atoms with Crippen LogP contribution in [0.25, 0.3) is 0 Å². The third kappa shape index (κ3) is 2.17. The second kappa shape index (κ2) is 4.59. The average molecular weight is 280 g/mol. The molecule has 0 aromatic carbocycles. The fourth-order valence-electron chi connectivity index (χ4n) is 1.92. The highest BCUT2D eigenvalue weighted by molar-refractivity contribution is 7.13. The zero-order valence-corrected chi connectivity index (χ0v) is 10.7. The maximum absolute atomic E-state index is 10.8. The SMILES string of the molecule is NC(C(=O)O)c1csc(N2CCn3cnnc3C2)n1. The lowest BCUT2D eigenvalue weighted by Gasteiger charge is -2.26. The molecule has 0 saturated heterocycles. The van der Waals surface area contributed by atoms with Crippen molar-refractivity contribution in [2.24, 2.45) is 5.73 Å². The number of nitrogens with zero attached hydrogens (tertiary/aromatic N) is 5. The van der Waals surface area contributed by atoms with Gasteiger partial charge < -0.3 is 20.3 Å². The van der Waals surface area contributed by atoms with E-state index in [4.69, 9.17) is 10.8 Å². The van der Waals surface area contributed by atoms with Crippen molar-refractivity contribution in [3.05, 3.63) is 23.2 Å². The minimum Gasteiger partial charge on any atom is -0.480 e. The van der Waals surface area contributed by atoms with Gasteiger partial charge in [-0.05, 0) is 0 Å². The van der Waals surface area contributed by atoms with Crippen molar-refractivity contribution < 1.29 is 9.90 Å². The molecule has 0 spiro atoms. The number of carboxylic acid groups (broad SMARTS) is 1. The average Bonchev–Trinajstić information content (AvgIpc) is 3.05. The normalized spacial score (nSPS) is 16.2. The molecule has 1 aliphatic rings. The molecular formula is C10H12N6O2S. The van der Waals surface area contributed by atoms with Gasteiger partial charge in [-0.2, -0.15) is 0 Å². The van der Waals surface area contributed by atoms with Crippen LogP contribution < -0.4 is 10.6 Å². The highest BCUT2D eigenvalue weighted by atomic mass is 32.1. The summed E-state index contributed by atoms with van der Waals surface area (Å²) in [7, 11) is 0. The van der Waals surface area contributed by atoms with Crippen LogP contribution in [0.15, 0.2) is 11.7 Å². The van der Waals surface area contributed by atoms with Gasteiger partial charge in [-0.25, -0.2) is 4.98 Å². The summed E-state index contributed by atoms with van der Waals surface area (Å²) in [5.41, 5.74) is 5.93. The number of aromatic nitrogens is 4. The number of thiazole rings is 1. The van der Waals surface area contributed by atoms with E-state index in [0.717, 1.165) is 24.0 Å². The van der Waals surface area contributed by atoms with Gasteiger partial charge in [0.1, 0.15) is 12.4 Å². The van der Waals surface area contributed by atoms with Gasteiger partial charge >= 0.3 is 5.97 Å². The topological polar surface area (TPSA) is 110 Å². The zero-order chi connectivity index (χ0) is 13.4. The molecule has 2 aromatic rings. The van der Waals surface area contributed by atoms with Gasteiger partial charge in [-0.1, -0.05) is 0 Å². The fourth-order valence-corrected chi connectivity index (χ4v) is 2.81. The number of hydrogen-bond donors (Lipinski definition) is 2. The Kier molecular flexibility index (Phi) is 2.91. The molecule has 1 aliphatic heterocycles. The van der Waals surface area contributed by atoms with Crippen LogP contribution in [-0.2, 0) is 17.9 Å². The van der Waals surface area contributed by atoms with Gasteiger partial charge in [0, 0.05) is 18.5 Å². The molecule has 3 heterocycles. The highest BCUT2D eigenvalue weighted by Gasteiger charge is 2.23. The molecule has 1 unspecified atom stereocenters. The molecule has 0 bridgehead atoms. The van der Waals surface area contributed by atoms with Crippen LogP contribution >= 0.6 is 11.3 Å². The van der Waals surface area contributed by atoms with Gasteiger partial charge in [0.15, 0.2) is 11.0 Å². The zero-order valence-electron chi connectivity index (χ0n) is 9.93. The maximum atomic E-state index is 10.8. The van der Waals surface area contributed by atoms with Crippen LogP contribution in [-0.4, -0.2) is 37.4 Å². The third-order valence-electron chi connectivity index (χ3n) is 3.00. The van der Waals surface area contributed by atoms with E-state index >= 15 is 0 Å². The number of fused-ring (bicyclic) bond motifs is 1. The van der Waals surface area contributed by atoms with Crippen molar-refractivity contribution in [1.82, 2.24) is 19.7 Å². The lowest BCUT2D eigenvalue weighted by molar-refractivity contribution is -0.138. The van der Waals surface area contributed by atoms with Crippen molar-refractivity contribution >= 4 is 22.4 Å². The van der Waals surface area contributed by atoms with Crippen molar-refractivity contribution in [3.63, 3.8) is 0 Å². The fraction of sp³-hybridized carbons (Fsp3) is 0.400. The molecule has 3 N–H and O–H groups in total. The summed E-state index contributed by atoms with van der Waals surface area (Å²) in [4.78, 5) is 17.2. The Balaban J connectivity index is 1.79. The molecule has 100 valence electrons. The molecule has 0 aliphatic carbocycles. The predicted molar refractivity (Wildman–Crippen MR) is 67.8 cm³/mol. The van der Waals surface area contributed by atoms with E-state index in [1.165, 1.54) is 11.3 Å². The number of carbonyl (C=O) groups is 1. The van der Waals surface area contributed by atoms with E-state index in [-0.39, 0.29) is 0 Å². The van der Waals surface area contributed by atoms with Crippen LogP contribution in [0, 0.1) is 0 Å². The smallest absolute Gasteiger partial charge is 0.326 e. The summed E-state index contributed by atoms with van der Waals surface area (Å²) in [6.07, 6.45) is 1.71. The van der Waals surface area contributed by atoms with E-state index in [1.54, 1.807) is 11.7 Å². The van der Waals surface area contributed by atoms with Gasteiger partial charge in [0.2, 0.25) is 0 Å². The Morgan fingerprint density at radius 3 is 3.16 bits per heavy atom. The van der Waals surface area contributed by atoms with Crippen LogP contribution in [0.1, 0.15) is 17.6 Å². The Labute approximate surface area is 112 Å². The van der Waals surface area contributed by atoms with Crippen molar-refractivity contribution in [1.29, 1.82) is 0 Å². The molecule has 0 radical (unpaired) electrons. The lowest BCUT2D eigenvalue weighted by Crippen LogP contribution is -2.33. The molecule has 3 rings (SSSR count). The number of carboxylic acids is 1. The standard InChI is InChI=1S/C10H12N6O2S/c11-8(9(17)18)6-4-19-10(13-6)15-1-2-16-5-12-14-7(16)3-15/h4-5,8H,1-3,11H2,(H,17,18). The van der Waals surface area contributed by atoms with Crippen LogP contribution in [0.2, 0.25) is 0 Å². The Morgan fingerprint density at radius 1 is 1.53 bits per heavy atom. The Morgan fingerprint density at radius 2 is 2.37 bits per heavy atom. The largest absolute Gasteiger partial charge is 0.480 e. The van der Waals surface area contributed by atoms with E-state index in [2.05, 4.69) is 15.2 Å². The molecular weight excluding hydrogens is 268 g/mol. The van der Waals surface area contributed by atoms with Crippen molar-refractivity contribution in [3.8, 4) is 0 Å². The minimum atomic E-state index is -1.07. The van der Waals surface area contributed by atoms with Crippen LogP contribution in [0.3, 0.4) is 0 Å². The monoisotopic (exact) mass is 280 g/mol. The first-order chi connectivity index (χ1) is 9.15. The first kappa shape index (κ1) is 12.1. The Hall–Kier alpha value is -2.00. The molecule has 1 atom stereocenters. The van der Waals surface area contributed by atoms with Crippen LogP contribution in [0.5, 0.6) is 0 Å². The highest BCUT2D eigenvalue weighted by Crippen LogP contribution is 2.26. The quantitative estimate of drug-likeness (QED) is 0.803. The predicted octanol–water partition coefficient (Wildman–Crippen LogP) is -0.161. The number of hydrogen-bond acceptors (Lipinski definition) is 7. The molecule has 0 fully saturated rings. The maximum Gasteiger partial charge on any atom is 0.326 e. The van der Waals surface area contributed by atoms with Gasteiger partial charge in [0.05, 0.1) is 12.2 Å². The van der Waals surface area contributed by atoms with Gasteiger partial charge in [-0.15, -0.1) is 21.5 Å². The molecule has 0 amide bonds. The summed E-state index contributed by atoms with van der Waals surface area (Å²) < 4.78 is 1.99. The molecule has 2 aromatic heterocycles. The van der Waals surface area contributed by atoms with Gasteiger partial charge in [0.25, 0.3) is 0 Å². The first-order valence-corrected chi connectivity index (χ1v) is 6.58. The second-order valence-corrected chi connectivity index (χ2v) is 5.07. The second-order valence-electron chi connectivity index (χ2n) is 4.23. The third-order valence-corrected chi connectivity index (χ3v) is 3.92. The van der Waals surface area contributed by atoms with Gasteiger partial charge in [-0.3, -0.25) is 4.79 Å². The summed E-state index contributed by atoms with van der Waals surface area (Å²) in [5.74, 6) is -0.194. The van der Waals surface area contributed by atoms with E-state index in [1.807, 2.05) is 9.47 Å². The van der Waals surface area contributed by atoms with Crippen molar-refractivity contribution in [2.45, 2.75) is 19.1 Å². The lowest BCUT2D eigenvalue weighted by atomic mass is 10.2. The number of rotatable bonds is 3. The summed E-state index contributed by atoms with van der Waals surface area (Å²) in [6.45, 7) is 2.21. The van der Waals surface area contributed by atoms with Crippen molar-refractivity contribution in [2.75, 3.05) is 11.4 Å². The molecule has 0 saturated carbocycles. The summed E-state index contributed by atoms with van der Waals surface area (Å²) >= 11 is 1.39. The minimum absolute atomic E-state index is 0.388. The first-order valence-electron chi connectivity index (χ1n) is 5.70. The molecule has 19 heavy (non-hydrogen) atoms. The molecule has 9 heteroatoms. The summed E-state index contributed by atoms with van der Waals surface area (Å²) in [6, 6.07) is -1.07. The number of aliphatic carboxylic acids is 1. The summed E-state index contributed by atoms with van der Waals surface area (Å²) in [5, 5.41) is 19.2. The Bertz CT molecular complexity index is 609. The molecule has 8 nitrogen and oxygen atoms in total. The number of anilines is 1. The van der Waals surface area contributed by atoms with Crippen LogP contribution in [0.4, 0.5) is 5.13 Å². The van der Waals surface area contributed by atoms with E-state index < -0.39 is 12.0 Å². The number of nitrogens with two attached hydrogens (primary N) is 1. The van der Waals surface area contributed by atoms with E-state index in [0.29, 0.717) is 12.2 Å². The van der Waals surface area contributed by atoms with E-state index in [9.17, 15) is 4.79 Å².